The van der Waals surface area contributed by atoms with Crippen LogP contribution in [0.5, 0.6) is 0 Å². The highest BCUT2D eigenvalue weighted by molar-refractivity contribution is 5.47. The van der Waals surface area contributed by atoms with Gasteiger partial charge in [0.25, 0.3) is 0 Å². The predicted molar refractivity (Wildman–Crippen MR) is 239 cm³/mol. The van der Waals surface area contributed by atoms with Crippen molar-refractivity contribution in [3.8, 4) is 0 Å². The van der Waals surface area contributed by atoms with Gasteiger partial charge in [-0.1, -0.05) is 177 Å². The maximum Gasteiger partial charge on any atom is 0.0316 e. The zero-order valence-corrected chi connectivity index (χ0v) is 34.6. The highest BCUT2D eigenvalue weighted by atomic mass is 14.5. The monoisotopic (exact) mass is 729 g/mol. The van der Waals surface area contributed by atoms with Gasteiger partial charge in [0.15, 0.2) is 0 Å². The van der Waals surface area contributed by atoms with Gasteiger partial charge in [0.05, 0.1) is 0 Å². The fourth-order valence-electron chi connectivity index (χ4n) is 8.10. The number of benzene rings is 4. The molecule has 0 radical (unpaired) electrons. The van der Waals surface area contributed by atoms with Gasteiger partial charge in [-0.05, 0) is 133 Å². The van der Waals surface area contributed by atoms with Crippen molar-refractivity contribution in [3.63, 3.8) is 0 Å². The van der Waals surface area contributed by atoms with Gasteiger partial charge in [-0.3, -0.25) is 0 Å². The third-order valence-corrected chi connectivity index (χ3v) is 11.6. The topological polar surface area (TPSA) is 52.0 Å². The van der Waals surface area contributed by atoms with Crippen LogP contribution in [0.3, 0.4) is 0 Å². The Hall–Kier alpha value is -3.52. The average molecular weight is 729 g/mol. The van der Waals surface area contributed by atoms with Crippen LogP contribution in [0.1, 0.15) is 187 Å². The van der Waals surface area contributed by atoms with Gasteiger partial charge in [0, 0.05) is 11.4 Å². The Balaban J connectivity index is 1.01. The number of hydrogen-bond acceptors (Lipinski definition) is 2. The molecule has 0 aliphatic carbocycles. The first-order chi connectivity index (χ1) is 26.5. The molecule has 0 unspecified atom stereocenters. The number of hydrogen-bond donors (Lipinski definition) is 2. The molecule has 2 nitrogen and oxygen atoms in total. The molecule has 0 spiro atoms. The normalized spacial score (nSPS) is 11.4. The van der Waals surface area contributed by atoms with Gasteiger partial charge in [0.1, 0.15) is 0 Å². The van der Waals surface area contributed by atoms with Crippen molar-refractivity contribution in [3.05, 3.63) is 129 Å². The summed E-state index contributed by atoms with van der Waals surface area (Å²) in [7, 11) is 0. The third kappa shape index (κ3) is 17.3. The summed E-state index contributed by atoms with van der Waals surface area (Å²) in [6.07, 6.45) is 33.5. The molecule has 0 atom stereocenters. The molecular formula is C52H76N2. The van der Waals surface area contributed by atoms with Gasteiger partial charge >= 0.3 is 0 Å². The van der Waals surface area contributed by atoms with E-state index in [4.69, 9.17) is 11.5 Å². The molecule has 4 N–H and O–H groups in total. The van der Waals surface area contributed by atoms with E-state index in [9.17, 15) is 0 Å². The van der Waals surface area contributed by atoms with Crippen molar-refractivity contribution >= 4 is 11.4 Å². The molecule has 2 heteroatoms. The van der Waals surface area contributed by atoms with Gasteiger partial charge in [-0.2, -0.15) is 0 Å². The van der Waals surface area contributed by atoms with E-state index in [1.807, 2.05) is 0 Å². The van der Waals surface area contributed by atoms with E-state index < -0.39 is 0 Å². The number of nitrogen functional groups attached to an aromatic ring is 2. The summed E-state index contributed by atoms with van der Waals surface area (Å²) in [6.45, 7) is 4.56. The molecule has 0 fully saturated rings. The highest BCUT2D eigenvalue weighted by Crippen LogP contribution is 2.23. The van der Waals surface area contributed by atoms with Gasteiger partial charge in [0.2, 0.25) is 0 Å². The smallest absolute Gasteiger partial charge is 0.0316 e. The van der Waals surface area contributed by atoms with Crippen LogP contribution >= 0.6 is 0 Å². The minimum Gasteiger partial charge on any atom is -0.399 e. The Morgan fingerprint density at radius 1 is 0.296 bits per heavy atom. The predicted octanol–water partition coefficient (Wildman–Crippen LogP) is 14.7. The molecule has 0 heterocycles. The molecule has 4 rings (SSSR count). The number of aryl methyl sites for hydroxylation is 4. The molecule has 54 heavy (non-hydrogen) atoms. The third-order valence-electron chi connectivity index (χ3n) is 11.6. The Kier molecular flexibility index (Phi) is 21.1. The maximum atomic E-state index is 6.16. The Bertz CT molecular complexity index is 1430. The number of anilines is 2. The lowest BCUT2D eigenvalue weighted by Gasteiger charge is -2.12. The summed E-state index contributed by atoms with van der Waals surface area (Å²) in [5.41, 5.74) is 25.7. The fourth-order valence-corrected chi connectivity index (χ4v) is 8.10. The van der Waals surface area contributed by atoms with E-state index in [0.717, 1.165) is 37.1 Å². The lowest BCUT2D eigenvalue weighted by molar-refractivity contribution is 0.551. The van der Waals surface area contributed by atoms with Crippen molar-refractivity contribution in [2.45, 2.75) is 181 Å². The van der Waals surface area contributed by atoms with E-state index in [0.29, 0.717) is 0 Å². The summed E-state index contributed by atoms with van der Waals surface area (Å²) in [5, 5.41) is 0. The molecule has 4 aromatic carbocycles. The Morgan fingerprint density at radius 3 is 0.944 bits per heavy atom. The Morgan fingerprint density at radius 2 is 0.593 bits per heavy atom. The lowest BCUT2D eigenvalue weighted by Crippen LogP contribution is -1.99. The van der Waals surface area contributed by atoms with Gasteiger partial charge < -0.3 is 11.5 Å². The van der Waals surface area contributed by atoms with E-state index in [1.165, 1.54) is 186 Å². The molecule has 0 saturated carbocycles. The first kappa shape index (κ1) is 43.2. The minimum atomic E-state index is 0.893. The summed E-state index contributed by atoms with van der Waals surface area (Å²) in [5.74, 6) is 0. The lowest BCUT2D eigenvalue weighted by atomic mass is 9.94. The molecule has 0 bridgehead atoms. The molecule has 0 aromatic heterocycles. The number of nitrogens with two attached hydrogens (primary N) is 2. The van der Waals surface area contributed by atoms with Crippen LogP contribution in [-0.4, -0.2) is 0 Å². The standard InChI is InChI=1S/C52H76N2/c1-3-5-7-15-21-25-47-41-51(53)37-35-49(47)39-45-31-27-43(28-32-45)23-19-17-13-11-9-10-12-14-18-20-24-44-29-33-46(34-30-44)40-50-36-38-52(54)42-48(50)26-22-16-8-6-4-2/h27-38,41-42H,3-26,39-40,53-54H2,1-2H3. The Labute approximate surface area is 332 Å². The van der Waals surface area contributed by atoms with E-state index in [-0.39, 0.29) is 0 Å². The SMILES string of the molecule is CCCCCCCc1cc(N)ccc1Cc1ccc(CCCCCCCCCCCCc2ccc(Cc3ccc(N)cc3CCCCCCC)cc2)cc1. The number of unbranched alkanes of at least 4 members (excludes halogenated alkanes) is 17. The summed E-state index contributed by atoms with van der Waals surface area (Å²) < 4.78 is 0. The molecule has 0 aliphatic heterocycles. The van der Waals surface area contributed by atoms with Gasteiger partial charge in [-0.15, -0.1) is 0 Å². The fraction of sp³-hybridized carbons (Fsp3) is 0.538. The second kappa shape index (κ2) is 26.3. The summed E-state index contributed by atoms with van der Waals surface area (Å²) in [6, 6.07) is 31.9. The van der Waals surface area contributed by atoms with Gasteiger partial charge in [-0.25, -0.2) is 0 Å². The molecular weight excluding hydrogens is 653 g/mol. The van der Waals surface area contributed by atoms with Crippen molar-refractivity contribution in [2.24, 2.45) is 0 Å². The quantitative estimate of drug-likeness (QED) is 0.0432. The van der Waals surface area contributed by atoms with E-state index >= 15 is 0 Å². The van der Waals surface area contributed by atoms with Crippen LogP contribution in [0.4, 0.5) is 11.4 Å². The molecule has 294 valence electrons. The second-order valence-corrected chi connectivity index (χ2v) is 16.4. The van der Waals surface area contributed by atoms with Crippen LogP contribution in [-0.2, 0) is 38.5 Å². The molecule has 0 amide bonds. The van der Waals surface area contributed by atoms with Crippen LogP contribution < -0.4 is 11.5 Å². The van der Waals surface area contributed by atoms with Crippen molar-refractivity contribution < 1.29 is 0 Å². The van der Waals surface area contributed by atoms with Crippen LogP contribution in [0.15, 0.2) is 84.9 Å². The summed E-state index contributed by atoms with van der Waals surface area (Å²) in [4.78, 5) is 0. The van der Waals surface area contributed by atoms with Crippen LogP contribution in [0.25, 0.3) is 0 Å². The zero-order valence-electron chi connectivity index (χ0n) is 34.6. The van der Waals surface area contributed by atoms with E-state index in [1.54, 1.807) is 0 Å². The second-order valence-electron chi connectivity index (χ2n) is 16.4. The summed E-state index contributed by atoms with van der Waals surface area (Å²) >= 11 is 0. The van der Waals surface area contributed by atoms with Crippen LogP contribution in [0, 0.1) is 0 Å². The first-order valence-electron chi connectivity index (χ1n) is 22.4. The largest absolute Gasteiger partial charge is 0.399 e. The average Bonchev–Trinajstić information content (AvgIpc) is 3.18. The van der Waals surface area contributed by atoms with Crippen molar-refractivity contribution in [1.29, 1.82) is 0 Å². The number of rotatable bonds is 29. The van der Waals surface area contributed by atoms with Crippen LogP contribution in [0.2, 0.25) is 0 Å². The highest BCUT2D eigenvalue weighted by Gasteiger charge is 2.08. The van der Waals surface area contributed by atoms with E-state index in [2.05, 4.69) is 98.8 Å². The molecule has 0 saturated heterocycles. The minimum absolute atomic E-state index is 0.893. The molecule has 4 aromatic rings. The zero-order chi connectivity index (χ0) is 38.1. The van der Waals surface area contributed by atoms with Crippen molar-refractivity contribution in [1.82, 2.24) is 0 Å². The molecule has 0 aliphatic rings. The maximum absolute atomic E-state index is 6.16. The van der Waals surface area contributed by atoms with Crippen molar-refractivity contribution in [2.75, 3.05) is 11.5 Å². The first-order valence-corrected chi connectivity index (χ1v) is 22.4.